The molecule has 0 spiro atoms. The average molecular weight is 413 g/mol. The standard InChI is InChI=1S/C20H23N3O3.C2H4O2/c24-18(14-4-2-1-3-5-14)11-22-19(25)16-6-7-17-15-8-13(9-21-10-15)12-23(17)20(16)26;1-2(3)4/h1-7,13,15,18,21,24H,8-12H2,(H,22,25);1H3,(H,3,4)/t13-,15+,18-;/m0./s1. The van der Waals surface area contributed by atoms with Gasteiger partial charge in [0.05, 0.1) is 6.10 Å². The molecule has 1 aromatic heterocycles. The van der Waals surface area contributed by atoms with Crippen LogP contribution in [0, 0.1) is 5.92 Å². The van der Waals surface area contributed by atoms with Crippen molar-refractivity contribution < 1.29 is 19.8 Å². The summed E-state index contributed by atoms with van der Waals surface area (Å²) in [5.41, 5.74) is 1.65. The Balaban J connectivity index is 0.000000589. The van der Waals surface area contributed by atoms with Gasteiger partial charge in [-0.25, -0.2) is 0 Å². The van der Waals surface area contributed by atoms with Crippen molar-refractivity contribution in [1.29, 1.82) is 0 Å². The number of amides is 1. The van der Waals surface area contributed by atoms with Crippen molar-refractivity contribution in [3.05, 3.63) is 69.6 Å². The molecule has 1 saturated heterocycles. The quantitative estimate of drug-likeness (QED) is 0.596. The third-order valence-corrected chi connectivity index (χ3v) is 5.39. The minimum absolute atomic E-state index is 0.0687. The van der Waals surface area contributed by atoms with E-state index < -0.39 is 18.0 Å². The summed E-state index contributed by atoms with van der Waals surface area (Å²) in [6.45, 7) is 3.61. The average Bonchev–Trinajstić information content (AvgIpc) is 2.73. The number of fused-ring (bicyclic) bond motifs is 4. The number of nitrogens with one attached hydrogen (secondary N) is 2. The molecule has 2 aliphatic heterocycles. The number of aliphatic hydroxyl groups is 1. The number of aromatic nitrogens is 1. The van der Waals surface area contributed by atoms with E-state index in [1.165, 1.54) is 0 Å². The molecule has 4 rings (SSSR count). The molecule has 0 aliphatic carbocycles. The molecule has 3 atom stereocenters. The maximum Gasteiger partial charge on any atom is 0.300 e. The fourth-order valence-electron chi connectivity index (χ4n) is 4.04. The number of benzene rings is 1. The number of rotatable bonds is 4. The van der Waals surface area contributed by atoms with E-state index in [9.17, 15) is 14.7 Å². The Morgan fingerprint density at radius 1 is 1.20 bits per heavy atom. The fourth-order valence-corrected chi connectivity index (χ4v) is 4.04. The van der Waals surface area contributed by atoms with E-state index in [0.717, 1.165) is 37.7 Å². The van der Waals surface area contributed by atoms with Gasteiger partial charge in [0, 0.05) is 38.2 Å². The fraction of sp³-hybridized carbons (Fsp3) is 0.409. The highest BCUT2D eigenvalue weighted by molar-refractivity contribution is 5.93. The minimum atomic E-state index is -0.833. The zero-order chi connectivity index (χ0) is 21.7. The Morgan fingerprint density at radius 3 is 2.60 bits per heavy atom. The smallest absolute Gasteiger partial charge is 0.300 e. The third-order valence-electron chi connectivity index (χ3n) is 5.39. The number of aliphatic hydroxyl groups excluding tert-OH is 1. The van der Waals surface area contributed by atoms with Crippen LogP contribution in [0.2, 0.25) is 0 Å². The number of pyridine rings is 1. The summed E-state index contributed by atoms with van der Waals surface area (Å²) in [6.07, 6.45) is 0.298. The van der Waals surface area contributed by atoms with Gasteiger partial charge in [-0.2, -0.15) is 0 Å². The normalized spacial score (nSPS) is 20.2. The number of aliphatic carboxylic acids is 1. The zero-order valence-electron chi connectivity index (χ0n) is 16.9. The summed E-state index contributed by atoms with van der Waals surface area (Å²) in [7, 11) is 0. The molecular formula is C22H27N3O5. The highest BCUT2D eigenvalue weighted by Gasteiger charge is 2.31. The first-order valence-corrected chi connectivity index (χ1v) is 10.0. The van der Waals surface area contributed by atoms with Gasteiger partial charge in [-0.1, -0.05) is 30.3 Å². The topological polar surface area (TPSA) is 121 Å². The van der Waals surface area contributed by atoms with Crippen molar-refractivity contribution >= 4 is 11.9 Å². The molecule has 1 fully saturated rings. The molecule has 8 nitrogen and oxygen atoms in total. The highest BCUT2D eigenvalue weighted by atomic mass is 16.4. The predicted octanol–water partition coefficient (Wildman–Crippen LogP) is 1.11. The van der Waals surface area contributed by atoms with Crippen LogP contribution >= 0.6 is 0 Å². The van der Waals surface area contributed by atoms with Gasteiger partial charge in [0.25, 0.3) is 17.4 Å². The van der Waals surface area contributed by atoms with Gasteiger partial charge >= 0.3 is 0 Å². The molecular weight excluding hydrogens is 386 g/mol. The van der Waals surface area contributed by atoms with Gasteiger partial charge in [-0.05, 0) is 36.6 Å². The van der Waals surface area contributed by atoms with Crippen LogP contribution in [-0.2, 0) is 11.3 Å². The number of piperidine rings is 1. The van der Waals surface area contributed by atoms with Gasteiger partial charge in [-0.3, -0.25) is 14.4 Å². The third kappa shape index (κ3) is 5.14. The molecule has 3 heterocycles. The Morgan fingerprint density at radius 2 is 1.90 bits per heavy atom. The van der Waals surface area contributed by atoms with Gasteiger partial charge in [0.15, 0.2) is 0 Å². The second-order valence-electron chi connectivity index (χ2n) is 7.70. The van der Waals surface area contributed by atoms with Crippen LogP contribution in [0.5, 0.6) is 0 Å². The molecule has 2 bridgehead atoms. The van der Waals surface area contributed by atoms with Crippen molar-refractivity contribution in [2.45, 2.75) is 31.9 Å². The van der Waals surface area contributed by atoms with Crippen LogP contribution in [-0.4, -0.2) is 46.3 Å². The summed E-state index contributed by atoms with van der Waals surface area (Å²) in [5, 5.41) is 23.7. The van der Waals surface area contributed by atoms with Crippen LogP contribution in [0.25, 0.3) is 0 Å². The van der Waals surface area contributed by atoms with Crippen LogP contribution in [0.3, 0.4) is 0 Å². The van der Waals surface area contributed by atoms with E-state index in [1.807, 2.05) is 24.3 Å². The zero-order valence-corrected chi connectivity index (χ0v) is 16.9. The van der Waals surface area contributed by atoms with E-state index in [4.69, 9.17) is 9.90 Å². The van der Waals surface area contributed by atoms with Crippen LogP contribution < -0.4 is 16.2 Å². The van der Waals surface area contributed by atoms with Crippen molar-refractivity contribution in [3.8, 4) is 0 Å². The van der Waals surface area contributed by atoms with Crippen LogP contribution in [0.1, 0.15) is 47.0 Å². The van der Waals surface area contributed by atoms with Crippen molar-refractivity contribution in [2.75, 3.05) is 19.6 Å². The summed E-state index contributed by atoms with van der Waals surface area (Å²) in [5.74, 6) is -0.487. The molecule has 4 N–H and O–H groups in total. The van der Waals surface area contributed by atoms with E-state index in [1.54, 1.807) is 22.8 Å². The lowest BCUT2D eigenvalue weighted by molar-refractivity contribution is -0.134. The number of carbonyl (C=O) groups excluding carboxylic acids is 1. The summed E-state index contributed by atoms with van der Waals surface area (Å²) >= 11 is 0. The number of carboxylic acid groups (broad SMARTS) is 1. The summed E-state index contributed by atoms with van der Waals surface area (Å²) in [6, 6.07) is 12.7. The Labute approximate surface area is 174 Å². The number of carbonyl (C=O) groups is 2. The molecule has 8 heteroatoms. The van der Waals surface area contributed by atoms with Crippen molar-refractivity contribution in [3.63, 3.8) is 0 Å². The Bertz CT molecular complexity index is 953. The first-order chi connectivity index (χ1) is 14.4. The van der Waals surface area contributed by atoms with Crippen LogP contribution in [0.4, 0.5) is 0 Å². The number of carboxylic acids is 1. The SMILES string of the molecule is CC(=O)O.O=C(NC[C@H](O)c1ccccc1)c1ccc2n(c1=O)C[C@@H]1CNC[C@H]2C1. The maximum atomic E-state index is 12.8. The van der Waals surface area contributed by atoms with Gasteiger partial charge in [-0.15, -0.1) is 0 Å². The lowest BCUT2D eigenvalue weighted by atomic mass is 9.84. The molecule has 1 amide bonds. The Kier molecular flexibility index (Phi) is 7.02. The number of hydrogen-bond donors (Lipinski definition) is 4. The van der Waals surface area contributed by atoms with Crippen molar-refractivity contribution in [1.82, 2.24) is 15.2 Å². The van der Waals surface area contributed by atoms with Gasteiger partial charge in [0.2, 0.25) is 0 Å². The van der Waals surface area contributed by atoms with E-state index >= 15 is 0 Å². The summed E-state index contributed by atoms with van der Waals surface area (Å²) in [4.78, 5) is 34.3. The first-order valence-electron chi connectivity index (χ1n) is 10.0. The molecule has 0 radical (unpaired) electrons. The van der Waals surface area contributed by atoms with Crippen LogP contribution in [0.15, 0.2) is 47.3 Å². The van der Waals surface area contributed by atoms with E-state index in [2.05, 4.69) is 10.6 Å². The predicted molar refractivity (Wildman–Crippen MR) is 111 cm³/mol. The molecule has 160 valence electrons. The Hall–Kier alpha value is -2.97. The number of nitrogens with zero attached hydrogens (tertiary/aromatic N) is 1. The molecule has 30 heavy (non-hydrogen) atoms. The molecule has 2 aromatic rings. The lowest BCUT2D eigenvalue weighted by Crippen LogP contribution is -2.46. The largest absolute Gasteiger partial charge is 0.481 e. The van der Waals surface area contributed by atoms with E-state index in [-0.39, 0.29) is 17.7 Å². The first kappa shape index (κ1) is 21.7. The summed E-state index contributed by atoms with van der Waals surface area (Å²) < 4.78 is 1.77. The minimum Gasteiger partial charge on any atom is -0.481 e. The monoisotopic (exact) mass is 413 g/mol. The molecule has 1 aromatic carbocycles. The maximum absolute atomic E-state index is 12.8. The molecule has 0 unspecified atom stereocenters. The van der Waals surface area contributed by atoms with Gasteiger partial charge < -0.3 is 25.4 Å². The number of hydrogen-bond acceptors (Lipinski definition) is 5. The van der Waals surface area contributed by atoms with Gasteiger partial charge in [0.1, 0.15) is 5.56 Å². The highest BCUT2D eigenvalue weighted by Crippen LogP contribution is 2.31. The second kappa shape index (κ2) is 9.69. The van der Waals surface area contributed by atoms with E-state index in [0.29, 0.717) is 18.4 Å². The lowest BCUT2D eigenvalue weighted by Gasteiger charge is -2.37. The molecule has 2 aliphatic rings. The molecule has 0 saturated carbocycles. The second-order valence-corrected chi connectivity index (χ2v) is 7.70. The van der Waals surface area contributed by atoms with Crippen molar-refractivity contribution in [2.24, 2.45) is 5.92 Å².